The van der Waals surface area contributed by atoms with Gasteiger partial charge in [-0.05, 0) is 43.9 Å². The minimum atomic E-state index is 0. The Labute approximate surface area is 114 Å². The molecule has 1 aliphatic heterocycles. The van der Waals surface area contributed by atoms with E-state index in [9.17, 15) is 4.79 Å². The lowest BCUT2D eigenvalue weighted by molar-refractivity contribution is -0.111. The zero-order chi connectivity index (χ0) is 12.0. The molecule has 98 valence electrons. The summed E-state index contributed by atoms with van der Waals surface area (Å²) >= 11 is 0. The van der Waals surface area contributed by atoms with E-state index in [0.29, 0.717) is 6.04 Å². The van der Waals surface area contributed by atoms with Gasteiger partial charge in [0.15, 0.2) is 5.78 Å². The first-order chi connectivity index (χ1) is 8.18. The first-order valence-corrected chi connectivity index (χ1v) is 6.37. The van der Waals surface area contributed by atoms with Crippen molar-refractivity contribution < 1.29 is 4.79 Å². The van der Waals surface area contributed by atoms with Crippen LogP contribution >= 0.6 is 12.4 Å². The molecule has 4 heteroatoms. The number of ketones is 1. The van der Waals surface area contributed by atoms with Gasteiger partial charge in [-0.15, -0.1) is 12.4 Å². The average Bonchev–Trinajstić information content (AvgIpc) is 2.82. The van der Waals surface area contributed by atoms with Crippen LogP contribution in [0.15, 0.2) is 35.1 Å². The van der Waals surface area contributed by atoms with Gasteiger partial charge in [-0.1, -0.05) is 6.08 Å². The monoisotopic (exact) mass is 266 g/mol. The Morgan fingerprint density at radius 2 is 2.33 bits per heavy atom. The summed E-state index contributed by atoms with van der Waals surface area (Å²) in [7, 11) is 0. The van der Waals surface area contributed by atoms with Crippen molar-refractivity contribution in [3.63, 3.8) is 0 Å². The number of nitrogens with two attached hydrogens (primary N) is 1. The van der Waals surface area contributed by atoms with Gasteiger partial charge in [-0.25, -0.2) is 0 Å². The Balaban J connectivity index is 0.00000120. The smallest absolute Gasteiger partial charge is 0.187 e. The molecular weight excluding hydrogens is 248 g/mol. The number of hydrogen-bond acceptors (Lipinski definition) is 3. The molecule has 0 saturated heterocycles. The first-order valence-electron chi connectivity index (χ1n) is 6.37. The van der Waals surface area contributed by atoms with Crippen molar-refractivity contribution in [2.24, 2.45) is 5.73 Å². The van der Waals surface area contributed by atoms with Crippen molar-refractivity contribution in [1.29, 1.82) is 0 Å². The molecule has 0 spiro atoms. The van der Waals surface area contributed by atoms with Gasteiger partial charge in [0.1, 0.15) is 0 Å². The molecule has 1 fully saturated rings. The number of carbonyl (C=O) groups is 1. The summed E-state index contributed by atoms with van der Waals surface area (Å²) in [6.07, 6.45) is 9.03. The average molecular weight is 267 g/mol. The maximum Gasteiger partial charge on any atom is 0.187 e. The second kappa shape index (κ2) is 4.90. The molecule has 0 aromatic carbocycles. The highest BCUT2D eigenvalue weighted by molar-refractivity contribution is 6.10. The van der Waals surface area contributed by atoms with Crippen LogP contribution in [0.25, 0.3) is 0 Å². The second-order valence-electron chi connectivity index (χ2n) is 5.21. The fourth-order valence-corrected chi connectivity index (χ4v) is 3.25. The molecule has 3 aliphatic rings. The largest absolute Gasteiger partial charge is 0.363 e. The summed E-state index contributed by atoms with van der Waals surface area (Å²) in [5, 5.41) is 0. The summed E-state index contributed by atoms with van der Waals surface area (Å²) in [6.45, 7) is 2.86. The zero-order valence-corrected chi connectivity index (χ0v) is 11.4. The van der Waals surface area contributed by atoms with Crippen molar-refractivity contribution >= 4 is 18.2 Å². The van der Waals surface area contributed by atoms with E-state index in [1.165, 1.54) is 12.0 Å². The Morgan fingerprint density at radius 1 is 1.56 bits per heavy atom. The van der Waals surface area contributed by atoms with Crippen LogP contribution in [0.1, 0.15) is 26.2 Å². The third-order valence-electron chi connectivity index (χ3n) is 3.82. The summed E-state index contributed by atoms with van der Waals surface area (Å²) in [5.41, 5.74) is 9.35. The van der Waals surface area contributed by atoms with E-state index in [4.69, 9.17) is 5.73 Å². The molecule has 0 bridgehead atoms. The number of nitrogens with zero attached hydrogens (tertiary/aromatic N) is 1. The predicted molar refractivity (Wildman–Crippen MR) is 74.5 cm³/mol. The molecular formula is C14H19ClN2O. The van der Waals surface area contributed by atoms with Gasteiger partial charge in [0.25, 0.3) is 0 Å². The maximum atomic E-state index is 12.0. The third kappa shape index (κ3) is 1.91. The highest BCUT2D eigenvalue weighted by atomic mass is 35.5. The van der Waals surface area contributed by atoms with Crippen molar-refractivity contribution in [3.8, 4) is 0 Å². The van der Waals surface area contributed by atoms with Crippen LogP contribution in [0.2, 0.25) is 0 Å². The molecule has 1 heterocycles. The van der Waals surface area contributed by atoms with Crippen LogP contribution in [0.4, 0.5) is 0 Å². The van der Waals surface area contributed by atoms with Gasteiger partial charge in [0.05, 0.1) is 6.04 Å². The number of allylic oxidation sites excluding steroid dienone is 4. The SMILES string of the molecule is CC(N)CN1C2=CC=CC(=O)C2=C2CCC[C@@H]21.Cl. The first kappa shape index (κ1) is 13.4. The van der Waals surface area contributed by atoms with E-state index in [-0.39, 0.29) is 24.2 Å². The lowest BCUT2D eigenvalue weighted by Gasteiger charge is -2.29. The summed E-state index contributed by atoms with van der Waals surface area (Å²) in [5.74, 6) is 0.177. The quantitative estimate of drug-likeness (QED) is 0.831. The Morgan fingerprint density at radius 3 is 3.06 bits per heavy atom. The molecule has 2 aliphatic carbocycles. The summed E-state index contributed by atoms with van der Waals surface area (Å²) in [4.78, 5) is 14.3. The lowest BCUT2D eigenvalue weighted by Crippen LogP contribution is -2.38. The van der Waals surface area contributed by atoms with E-state index in [0.717, 1.165) is 30.7 Å². The number of hydrogen-bond donors (Lipinski definition) is 1. The number of fused-ring (bicyclic) bond motifs is 2. The Kier molecular flexibility index (Phi) is 3.64. The predicted octanol–water partition coefficient (Wildman–Crippen LogP) is 1.94. The molecule has 2 N–H and O–H groups in total. The number of halogens is 1. The van der Waals surface area contributed by atoms with Gasteiger partial charge in [0.2, 0.25) is 0 Å². The van der Waals surface area contributed by atoms with E-state index in [1.807, 2.05) is 13.0 Å². The molecule has 18 heavy (non-hydrogen) atoms. The standard InChI is InChI=1S/C14H18N2O.ClH/c1-9(15)8-16-11-5-2-4-10(11)14-12(16)6-3-7-13(14)17;/h3,6-7,9,11H,2,4-5,8,15H2,1H3;1H/t9?,11-;/m0./s1. The molecule has 0 aromatic rings. The molecule has 1 saturated carbocycles. The van der Waals surface area contributed by atoms with Crippen molar-refractivity contribution in [3.05, 3.63) is 35.1 Å². The van der Waals surface area contributed by atoms with Crippen LogP contribution in [0.3, 0.4) is 0 Å². The van der Waals surface area contributed by atoms with Crippen LogP contribution in [0.5, 0.6) is 0 Å². The molecule has 0 aromatic heterocycles. The van der Waals surface area contributed by atoms with Crippen LogP contribution in [-0.2, 0) is 4.79 Å². The Hall–Kier alpha value is -1.06. The molecule has 0 radical (unpaired) electrons. The van der Waals surface area contributed by atoms with Crippen molar-refractivity contribution in [2.45, 2.75) is 38.3 Å². The fraction of sp³-hybridized carbons (Fsp3) is 0.500. The zero-order valence-electron chi connectivity index (χ0n) is 10.6. The number of carbonyl (C=O) groups excluding carboxylic acids is 1. The van der Waals surface area contributed by atoms with E-state index < -0.39 is 0 Å². The summed E-state index contributed by atoms with van der Waals surface area (Å²) in [6, 6.07) is 0.573. The van der Waals surface area contributed by atoms with Gasteiger partial charge in [0, 0.05) is 23.9 Å². The minimum Gasteiger partial charge on any atom is -0.363 e. The van der Waals surface area contributed by atoms with E-state index in [1.54, 1.807) is 6.08 Å². The van der Waals surface area contributed by atoms with Gasteiger partial charge in [-0.3, -0.25) is 4.79 Å². The van der Waals surface area contributed by atoms with Crippen LogP contribution < -0.4 is 5.73 Å². The molecule has 2 atom stereocenters. The highest BCUT2D eigenvalue weighted by Gasteiger charge is 2.41. The van der Waals surface area contributed by atoms with Crippen LogP contribution in [0, 0.1) is 0 Å². The highest BCUT2D eigenvalue weighted by Crippen LogP contribution is 2.44. The fourth-order valence-electron chi connectivity index (χ4n) is 3.25. The second-order valence-corrected chi connectivity index (χ2v) is 5.21. The van der Waals surface area contributed by atoms with Gasteiger partial charge >= 0.3 is 0 Å². The minimum absolute atomic E-state index is 0. The normalized spacial score (nSPS) is 26.8. The maximum absolute atomic E-state index is 12.0. The van der Waals surface area contributed by atoms with Gasteiger partial charge < -0.3 is 10.6 Å². The molecule has 0 amide bonds. The van der Waals surface area contributed by atoms with Crippen LogP contribution in [-0.4, -0.2) is 29.3 Å². The Bertz CT molecular complexity index is 462. The molecule has 1 unspecified atom stereocenters. The van der Waals surface area contributed by atoms with E-state index in [2.05, 4.69) is 11.0 Å². The van der Waals surface area contributed by atoms with Crippen molar-refractivity contribution in [2.75, 3.05) is 6.54 Å². The number of rotatable bonds is 2. The third-order valence-corrected chi connectivity index (χ3v) is 3.82. The molecule has 3 rings (SSSR count). The topological polar surface area (TPSA) is 46.3 Å². The lowest BCUT2D eigenvalue weighted by atomic mass is 9.99. The molecule has 3 nitrogen and oxygen atoms in total. The van der Waals surface area contributed by atoms with Gasteiger partial charge in [-0.2, -0.15) is 0 Å². The van der Waals surface area contributed by atoms with Crippen molar-refractivity contribution in [1.82, 2.24) is 4.90 Å². The van der Waals surface area contributed by atoms with E-state index >= 15 is 0 Å². The summed E-state index contributed by atoms with van der Waals surface area (Å²) < 4.78 is 0.